The van der Waals surface area contributed by atoms with E-state index in [0.29, 0.717) is 11.4 Å². The molecule has 126 valence electrons. The van der Waals surface area contributed by atoms with Crippen LogP contribution in [0.5, 0.6) is 0 Å². The monoisotopic (exact) mass is 349 g/mol. The molecule has 1 saturated heterocycles. The van der Waals surface area contributed by atoms with Gasteiger partial charge >= 0.3 is 0 Å². The Labute approximate surface area is 137 Å². The largest absolute Gasteiger partial charge is 0.294 e. The number of nitrogens with one attached hydrogen (secondary N) is 1. The second-order valence-electron chi connectivity index (χ2n) is 5.57. The molecule has 8 nitrogen and oxygen atoms in total. The number of hydrogen-bond donors (Lipinski definition) is 1. The third kappa shape index (κ3) is 2.37. The number of carbonyl (C=O) groups is 2. The molecule has 3 rings (SSSR count). The number of nitrogens with zero attached hydrogens (tertiary/aromatic N) is 2. The Bertz CT molecular complexity index is 1000. The summed E-state index contributed by atoms with van der Waals surface area (Å²) in [5.74, 6) is -2.69. The van der Waals surface area contributed by atoms with Gasteiger partial charge in [-0.2, -0.15) is 0 Å². The lowest BCUT2D eigenvalue weighted by molar-refractivity contribution is -0.129. The third-order valence-electron chi connectivity index (χ3n) is 4.05. The minimum Gasteiger partial charge on any atom is -0.294 e. The Morgan fingerprint density at radius 3 is 2.33 bits per heavy atom. The van der Waals surface area contributed by atoms with E-state index in [0.717, 1.165) is 0 Å². The molecular weight excluding hydrogens is 334 g/mol. The van der Waals surface area contributed by atoms with Gasteiger partial charge in [-0.15, -0.1) is 0 Å². The third-order valence-corrected chi connectivity index (χ3v) is 5.89. The standard InChI is InChI=1S/C15H15N3O5S/c1-9-12(13-14(20)16-11(19)8-24(13,22)23)15(21)18(17(9)2)10-6-4-3-5-7-10/h3-7,13H,8H2,1-2H3,(H,16,19,20). The van der Waals surface area contributed by atoms with E-state index in [1.165, 1.54) is 9.36 Å². The smallest absolute Gasteiger partial charge is 0.276 e. The summed E-state index contributed by atoms with van der Waals surface area (Å²) >= 11 is 0. The molecule has 1 aromatic heterocycles. The molecule has 2 aromatic rings. The van der Waals surface area contributed by atoms with Gasteiger partial charge in [0.25, 0.3) is 5.56 Å². The zero-order valence-electron chi connectivity index (χ0n) is 13.0. The number of hydrogen-bond acceptors (Lipinski definition) is 5. The van der Waals surface area contributed by atoms with E-state index in [1.54, 1.807) is 44.3 Å². The maximum atomic E-state index is 12.8. The SMILES string of the molecule is Cc1c(C2C(=O)NC(=O)CS2(=O)=O)c(=O)n(-c2ccccc2)n1C. The summed E-state index contributed by atoms with van der Waals surface area (Å²) in [5, 5.41) is 0.310. The fraction of sp³-hybridized carbons (Fsp3) is 0.267. The number of carbonyl (C=O) groups excluding carboxylic acids is 2. The van der Waals surface area contributed by atoms with Gasteiger partial charge in [-0.25, -0.2) is 13.1 Å². The van der Waals surface area contributed by atoms with Crippen LogP contribution in [-0.2, 0) is 26.5 Å². The lowest BCUT2D eigenvalue weighted by atomic mass is 10.1. The van der Waals surface area contributed by atoms with Crippen molar-refractivity contribution >= 4 is 21.7 Å². The molecule has 1 aliphatic heterocycles. The summed E-state index contributed by atoms with van der Waals surface area (Å²) in [4.78, 5) is 36.3. The molecule has 2 heterocycles. The van der Waals surface area contributed by atoms with Crippen molar-refractivity contribution < 1.29 is 18.0 Å². The molecule has 1 fully saturated rings. The van der Waals surface area contributed by atoms with Gasteiger partial charge in [0.15, 0.2) is 15.1 Å². The quantitative estimate of drug-likeness (QED) is 0.742. The van der Waals surface area contributed by atoms with E-state index in [1.807, 2.05) is 5.32 Å². The van der Waals surface area contributed by atoms with Gasteiger partial charge in [-0.05, 0) is 19.1 Å². The first kappa shape index (κ1) is 16.2. The number of sulfone groups is 1. The topological polar surface area (TPSA) is 107 Å². The Hall–Kier alpha value is -2.68. The van der Waals surface area contributed by atoms with Crippen LogP contribution in [0.25, 0.3) is 5.69 Å². The van der Waals surface area contributed by atoms with Gasteiger partial charge < -0.3 is 0 Å². The maximum Gasteiger partial charge on any atom is 0.276 e. The first-order valence-electron chi connectivity index (χ1n) is 7.13. The summed E-state index contributed by atoms with van der Waals surface area (Å²) in [6.07, 6.45) is 0. The zero-order valence-corrected chi connectivity index (χ0v) is 13.8. The van der Waals surface area contributed by atoms with Crippen LogP contribution in [0, 0.1) is 6.92 Å². The van der Waals surface area contributed by atoms with Gasteiger partial charge in [0.05, 0.1) is 11.3 Å². The minimum absolute atomic E-state index is 0.133. The number of amides is 2. The molecule has 0 bridgehead atoms. The van der Waals surface area contributed by atoms with Gasteiger partial charge in [0, 0.05) is 12.7 Å². The summed E-state index contributed by atoms with van der Waals surface area (Å²) in [6, 6.07) is 8.67. The molecule has 0 saturated carbocycles. The summed E-state index contributed by atoms with van der Waals surface area (Å²) in [6.45, 7) is 1.56. The molecule has 0 spiro atoms. The van der Waals surface area contributed by atoms with Crippen LogP contribution in [0.1, 0.15) is 16.5 Å². The lowest BCUT2D eigenvalue weighted by Crippen LogP contribution is -2.48. The highest BCUT2D eigenvalue weighted by Gasteiger charge is 2.44. The highest BCUT2D eigenvalue weighted by atomic mass is 32.2. The average Bonchev–Trinajstić information content (AvgIpc) is 2.70. The van der Waals surface area contributed by atoms with Crippen molar-refractivity contribution in [3.8, 4) is 5.69 Å². The van der Waals surface area contributed by atoms with Gasteiger partial charge in [0.1, 0.15) is 5.75 Å². The molecule has 1 atom stereocenters. The van der Waals surface area contributed by atoms with Crippen LogP contribution in [0.4, 0.5) is 0 Å². The summed E-state index contributed by atoms with van der Waals surface area (Å²) < 4.78 is 27.4. The number of imide groups is 1. The van der Waals surface area contributed by atoms with Crippen LogP contribution in [0.15, 0.2) is 35.1 Å². The molecule has 9 heteroatoms. The first-order valence-corrected chi connectivity index (χ1v) is 8.85. The molecule has 2 amide bonds. The van der Waals surface area contributed by atoms with Gasteiger partial charge in [0.2, 0.25) is 11.8 Å². The predicted molar refractivity (Wildman–Crippen MR) is 85.4 cm³/mol. The molecule has 1 unspecified atom stereocenters. The van der Waals surface area contributed by atoms with E-state index in [4.69, 9.17) is 0 Å². The van der Waals surface area contributed by atoms with E-state index in [9.17, 15) is 22.8 Å². The molecule has 1 aromatic carbocycles. The van der Waals surface area contributed by atoms with Crippen molar-refractivity contribution in [2.45, 2.75) is 12.2 Å². The number of rotatable bonds is 2. The lowest BCUT2D eigenvalue weighted by Gasteiger charge is -2.20. The zero-order chi connectivity index (χ0) is 17.6. The molecule has 1 aliphatic rings. The van der Waals surface area contributed by atoms with Crippen molar-refractivity contribution in [3.05, 3.63) is 51.9 Å². The van der Waals surface area contributed by atoms with Crippen LogP contribution in [0.3, 0.4) is 0 Å². The van der Waals surface area contributed by atoms with Crippen LogP contribution in [0.2, 0.25) is 0 Å². The van der Waals surface area contributed by atoms with Crippen molar-refractivity contribution in [2.75, 3.05) is 5.75 Å². The summed E-state index contributed by atoms with van der Waals surface area (Å²) in [5.41, 5.74) is 0.164. The minimum atomic E-state index is -4.09. The van der Waals surface area contributed by atoms with Gasteiger partial charge in [-0.1, -0.05) is 18.2 Å². The number of benzene rings is 1. The highest BCUT2D eigenvalue weighted by Crippen LogP contribution is 2.27. The van der Waals surface area contributed by atoms with Crippen molar-refractivity contribution in [3.63, 3.8) is 0 Å². The normalized spacial score (nSPS) is 20.0. The summed E-state index contributed by atoms with van der Waals surface area (Å²) in [7, 11) is -2.49. The molecule has 24 heavy (non-hydrogen) atoms. The van der Waals surface area contributed by atoms with Crippen molar-refractivity contribution in [1.29, 1.82) is 0 Å². The molecular formula is C15H15N3O5S. The Morgan fingerprint density at radius 1 is 1.12 bits per heavy atom. The Morgan fingerprint density at radius 2 is 1.75 bits per heavy atom. The second kappa shape index (κ2) is 5.45. The van der Waals surface area contributed by atoms with E-state index in [-0.39, 0.29) is 5.56 Å². The fourth-order valence-electron chi connectivity index (χ4n) is 2.87. The fourth-order valence-corrected chi connectivity index (χ4v) is 4.49. The molecule has 0 aliphatic carbocycles. The Kier molecular flexibility index (Phi) is 3.67. The molecule has 1 N–H and O–H groups in total. The van der Waals surface area contributed by atoms with Crippen molar-refractivity contribution in [1.82, 2.24) is 14.7 Å². The number of para-hydroxylation sites is 1. The van der Waals surface area contributed by atoms with Crippen molar-refractivity contribution in [2.24, 2.45) is 7.05 Å². The average molecular weight is 349 g/mol. The number of aromatic nitrogens is 2. The van der Waals surface area contributed by atoms with E-state index >= 15 is 0 Å². The highest BCUT2D eigenvalue weighted by molar-refractivity contribution is 7.93. The van der Waals surface area contributed by atoms with E-state index in [2.05, 4.69) is 0 Å². The Balaban J connectivity index is 2.26. The second-order valence-corrected chi connectivity index (χ2v) is 7.66. The maximum absolute atomic E-state index is 12.8. The first-order chi connectivity index (χ1) is 11.2. The van der Waals surface area contributed by atoms with Crippen LogP contribution in [-0.4, -0.2) is 35.3 Å². The molecule has 0 radical (unpaired) electrons. The van der Waals surface area contributed by atoms with Crippen LogP contribution < -0.4 is 10.9 Å². The van der Waals surface area contributed by atoms with Gasteiger partial charge in [-0.3, -0.25) is 24.4 Å². The van der Waals surface area contributed by atoms with E-state index < -0.39 is 38.2 Å². The predicted octanol–water partition coefficient (Wildman–Crippen LogP) is -0.403. The van der Waals surface area contributed by atoms with Crippen LogP contribution >= 0.6 is 0 Å².